The van der Waals surface area contributed by atoms with E-state index in [1.165, 1.54) is 0 Å². The number of likely N-dealkylation sites (tertiary alicyclic amines) is 1. The zero-order valence-corrected chi connectivity index (χ0v) is 19.6. The monoisotopic (exact) mass is 472 g/mol. The van der Waals surface area contributed by atoms with Crippen molar-refractivity contribution < 1.29 is 23.1 Å². The highest BCUT2D eigenvalue weighted by atomic mass is 19.4. The van der Waals surface area contributed by atoms with Gasteiger partial charge >= 0.3 is 6.18 Å². The summed E-state index contributed by atoms with van der Waals surface area (Å²) in [6, 6.07) is 0.0631. The fourth-order valence-corrected chi connectivity index (χ4v) is 8.08. The summed E-state index contributed by atoms with van der Waals surface area (Å²) in [5, 5.41) is 9.71. The quantitative estimate of drug-likeness (QED) is 0.574. The Labute approximate surface area is 194 Å². The number of rotatable bonds is 5. The fourth-order valence-electron chi connectivity index (χ4n) is 8.08. The van der Waals surface area contributed by atoms with Gasteiger partial charge in [-0.1, -0.05) is 12.8 Å². The van der Waals surface area contributed by atoms with Crippen LogP contribution in [0.5, 0.6) is 0 Å². The van der Waals surface area contributed by atoms with Crippen molar-refractivity contribution in [2.75, 3.05) is 26.9 Å². The molecule has 9 heteroatoms. The van der Waals surface area contributed by atoms with Gasteiger partial charge in [0.15, 0.2) is 0 Å². The summed E-state index contributed by atoms with van der Waals surface area (Å²) in [5.74, 6) is -1.56. The number of alkyl halides is 3. The van der Waals surface area contributed by atoms with Crippen molar-refractivity contribution in [3.63, 3.8) is 0 Å². The van der Waals surface area contributed by atoms with Gasteiger partial charge < -0.3 is 10.0 Å². The molecule has 3 aliphatic carbocycles. The summed E-state index contributed by atoms with van der Waals surface area (Å²) in [6.45, 7) is 1.30. The van der Waals surface area contributed by atoms with Gasteiger partial charge in [-0.3, -0.25) is 9.69 Å². The standard InChI is InChI=1S/C24H39F3N4O2/c1-30-14-28-29-21(30)11-23(9-15(10-23)13-32)16-4-2-5-17(8-16)31-12-19-18(22(31)33)6-3-7-20(19)24(25,26)27/h15-21,28-29,32H,2-14H2,1H3. The molecule has 1 amide bonds. The predicted molar refractivity (Wildman–Crippen MR) is 117 cm³/mol. The summed E-state index contributed by atoms with van der Waals surface area (Å²) in [6.07, 6.45) is 4.24. The highest BCUT2D eigenvalue weighted by Gasteiger charge is 2.57. The number of hydrazine groups is 1. The maximum absolute atomic E-state index is 13.7. The minimum atomic E-state index is -4.21. The SMILES string of the molecule is CN1CNNC1CC1(C2CCCC(N3CC4C(CCCC4C(F)(F)F)C3=O)C2)CC(CO)C1. The first kappa shape index (κ1) is 23.8. The number of aliphatic hydroxyl groups excluding tert-OH is 1. The molecule has 2 aliphatic heterocycles. The van der Waals surface area contributed by atoms with Crippen molar-refractivity contribution in [1.82, 2.24) is 20.7 Å². The molecule has 0 radical (unpaired) electrons. The van der Waals surface area contributed by atoms with Crippen LogP contribution in [-0.4, -0.2) is 66.1 Å². The molecule has 6 unspecified atom stereocenters. The van der Waals surface area contributed by atoms with Crippen molar-refractivity contribution in [3.8, 4) is 0 Å². The second-order valence-electron chi connectivity index (χ2n) is 11.6. The van der Waals surface area contributed by atoms with Gasteiger partial charge in [-0.2, -0.15) is 13.2 Å². The molecule has 0 spiro atoms. The number of fused-ring (bicyclic) bond motifs is 1. The maximum Gasteiger partial charge on any atom is 0.392 e. The number of nitrogens with one attached hydrogen (secondary N) is 2. The summed E-state index contributed by atoms with van der Waals surface area (Å²) in [5.41, 5.74) is 6.71. The van der Waals surface area contributed by atoms with Crippen LogP contribution < -0.4 is 10.9 Å². The Bertz CT molecular complexity index is 729. The second-order valence-corrected chi connectivity index (χ2v) is 11.6. The predicted octanol–water partition coefficient (Wildman–Crippen LogP) is 3.08. The molecule has 0 aromatic carbocycles. The lowest BCUT2D eigenvalue weighted by molar-refractivity contribution is -0.198. The van der Waals surface area contributed by atoms with Crippen LogP contribution in [0.3, 0.4) is 0 Å². The lowest BCUT2D eigenvalue weighted by Gasteiger charge is -2.56. The Morgan fingerprint density at radius 3 is 2.58 bits per heavy atom. The maximum atomic E-state index is 13.7. The van der Waals surface area contributed by atoms with E-state index in [9.17, 15) is 23.1 Å². The van der Waals surface area contributed by atoms with E-state index in [-0.39, 0.29) is 43.1 Å². The van der Waals surface area contributed by atoms with Crippen LogP contribution in [0, 0.1) is 35.0 Å². The van der Waals surface area contributed by atoms with E-state index in [4.69, 9.17) is 0 Å². The van der Waals surface area contributed by atoms with Crippen molar-refractivity contribution >= 4 is 5.91 Å². The topological polar surface area (TPSA) is 67.8 Å². The molecule has 5 fully saturated rings. The summed E-state index contributed by atoms with van der Waals surface area (Å²) >= 11 is 0. The van der Waals surface area contributed by atoms with Gasteiger partial charge in [-0.25, -0.2) is 10.9 Å². The smallest absolute Gasteiger partial charge is 0.392 e. The van der Waals surface area contributed by atoms with E-state index in [2.05, 4.69) is 22.8 Å². The van der Waals surface area contributed by atoms with Crippen molar-refractivity contribution in [1.29, 1.82) is 0 Å². The number of carbonyl (C=O) groups is 1. The highest BCUT2D eigenvalue weighted by Crippen LogP contribution is 2.58. The number of hydrogen-bond acceptors (Lipinski definition) is 5. The zero-order chi connectivity index (χ0) is 23.4. The Balaban J connectivity index is 1.30. The van der Waals surface area contributed by atoms with Crippen LogP contribution in [0.4, 0.5) is 13.2 Å². The number of nitrogens with zero attached hydrogens (tertiary/aromatic N) is 2. The third-order valence-corrected chi connectivity index (χ3v) is 9.82. The average Bonchev–Trinajstić information content (AvgIpc) is 3.32. The number of amides is 1. The Morgan fingerprint density at radius 2 is 1.91 bits per heavy atom. The summed E-state index contributed by atoms with van der Waals surface area (Å²) in [4.78, 5) is 17.4. The summed E-state index contributed by atoms with van der Waals surface area (Å²) in [7, 11) is 2.10. The molecule has 5 rings (SSSR count). The van der Waals surface area contributed by atoms with Gasteiger partial charge in [-0.15, -0.1) is 0 Å². The molecule has 0 aromatic rings. The third-order valence-electron chi connectivity index (χ3n) is 9.82. The molecule has 6 atom stereocenters. The molecular formula is C24H39F3N4O2. The molecule has 3 saturated carbocycles. The Hall–Kier alpha value is -0.900. The zero-order valence-electron chi connectivity index (χ0n) is 19.6. The first-order chi connectivity index (χ1) is 15.7. The van der Waals surface area contributed by atoms with E-state index < -0.39 is 23.9 Å². The van der Waals surface area contributed by atoms with E-state index in [1.54, 1.807) is 0 Å². The first-order valence-corrected chi connectivity index (χ1v) is 12.9. The van der Waals surface area contributed by atoms with Crippen LogP contribution >= 0.6 is 0 Å². The van der Waals surface area contributed by atoms with E-state index in [1.807, 2.05) is 4.90 Å². The van der Waals surface area contributed by atoms with Gasteiger partial charge in [0.2, 0.25) is 5.91 Å². The van der Waals surface area contributed by atoms with Gasteiger partial charge in [0.1, 0.15) is 0 Å². The normalized spacial score (nSPS) is 44.7. The number of carbonyl (C=O) groups excluding carboxylic acids is 1. The molecule has 3 N–H and O–H groups in total. The lowest BCUT2D eigenvalue weighted by Crippen LogP contribution is -2.53. The van der Waals surface area contributed by atoms with Crippen LogP contribution in [0.15, 0.2) is 0 Å². The fraction of sp³-hybridized carbons (Fsp3) is 0.958. The molecular weight excluding hydrogens is 433 g/mol. The number of halogens is 3. The van der Waals surface area contributed by atoms with Gasteiger partial charge in [0.05, 0.1) is 18.8 Å². The van der Waals surface area contributed by atoms with Crippen LogP contribution in [0.1, 0.15) is 64.2 Å². The third kappa shape index (κ3) is 4.32. The lowest BCUT2D eigenvalue weighted by atomic mass is 9.51. The molecule has 33 heavy (non-hydrogen) atoms. The molecule has 2 heterocycles. The summed E-state index contributed by atoms with van der Waals surface area (Å²) < 4.78 is 41.0. The molecule has 2 saturated heterocycles. The molecule has 188 valence electrons. The van der Waals surface area contributed by atoms with Crippen molar-refractivity contribution in [3.05, 3.63) is 0 Å². The van der Waals surface area contributed by atoms with Crippen LogP contribution in [0.25, 0.3) is 0 Å². The largest absolute Gasteiger partial charge is 0.396 e. The molecule has 0 aromatic heterocycles. The molecule has 6 nitrogen and oxygen atoms in total. The van der Waals surface area contributed by atoms with E-state index >= 15 is 0 Å². The average molecular weight is 473 g/mol. The van der Waals surface area contributed by atoms with Crippen LogP contribution in [-0.2, 0) is 4.79 Å². The molecule has 5 aliphatic rings. The second kappa shape index (κ2) is 8.95. The number of aliphatic hydroxyl groups is 1. The van der Waals surface area contributed by atoms with Crippen LogP contribution in [0.2, 0.25) is 0 Å². The minimum absolute atomic E-state index is 0.0168. The highest BCUT2D eigenvalue weighted by molar-refractivity contribution is 5.82. The van der Waals surface area contributed by atoms with E-state index in [0.29, 0.717) is 24.7 Å². The van der Waals surface area contributed by atoms with Crippen molar-refractivity contribution in [2.24, 2.45) is 35.0 Å². The number of hydrogen-bond donors (Lipinski definition) is 3. The Morgan fingerprint density at radius 1 is 1.15 bits per heavy atom. The molecule has 0 bridgehead atoms. The van der Waals surface area contributed by atoms with Crippen molar-refractivity contribution in [2.45, 2.75) is 82.6 Å². The first-order valence-electron chi connectivity index (χ1n) is 12.9. The van der Waals surface area contributed by atoms with Gasteiger partial charge in [0.25, 0.3) is 0 Å². The van der Waals surface area contributed by atoms with Gasteiger partial charge in [-0.05, 0) is 81.6 Å². The van der Waals surface area contributed by atoms with E-state index in [0.717, 1.165) is 51.6 Å². The minimum Gasteiger partial charge on any atom is -0.396 e. The Kier molecular flexibility index (Phi) is 6.46. The van der Waals surface area contributed by atoms with Gasteiger partial charge in [0, 0.05) is 25.1 Å².